The Hall–Kier alpha value is -11.2. The third-order valence-electron chi connectivity index (χ3n) is 23.0. The number of H-pyrrole nitrogens is 4. The van der Waals surface area contributed by atoms with Crippen molar-refractivity contribution in [3.05, 3.63) is 247 Å². The number of ether oxygens (including phenoxy) is 1. The number of fused-ring (bicyclic) bond motifs is 16. The van der Waals surface area contributed by atoms with Gasteiger partial charge in [0, 0.05) is 83.1 Å². The first kappa shape index (κ1) is 78.1. The number of rotatable bonds is 7. The number of nitrogens with one attached hydrogen (secondary N) is 4. The molecule has 0 spiro atoms. The zero-order valence-electron chi connectivity index (χ0n) is 71.7. The van der Waals surface area contributed by atoms with Crippen LogP contribution in [0.4, 0.5) is 0 Å². The van der Waals surface area contributed by atoms with Crippen molar-refractivity contribution in [1.29, 1.82) is 0 Å². The zero-order chi connectivity index (χ0) is 81.6. The van der Waals surface area contributed by atoms with Gasteiger partial charge in [-0.15, -0.1) is 0 Å². The average molecular weight is 1510 g/mol. The van der Waals surface area contributed by atoms with Crippen LogP contribution in [0.3, 0.4) is 0 Å². The van der Waals surface area contributed by atoms with E-state index in [2.05, 4.69) is 362 Å². The summed E-state index contributed by atoms with van der Waals surface area (Å²) in [4.78, 5) is 53.2. The van der Waals surface area contributed by atoms with Gasteiger partial charge in [0.1, 0.15) is 0 Å². The molecule has 5 aromatic carbocycles. The average Bonchev–Trinajstić information content (AvgIpc) is 1.59. The van der Waals surface area contributed by atoms with Crippen molar-refractivity contribution in [2.24, 2.45) is 0 Å². The highest BCUT2D eigenvalue weighted by molar-refractivity contribution is 6.06. The fourth-order valence-electron chi connectivity index (χ4n) is 15.8. The second-order valence-electron chi connectivity index (χ2n) is 40.1. The number of hydrogen-bond donors (Lipinski definition) is 4. The lowest BCUT2D eigenvalue weighted by molar-refractivity contribution is 0.0600. The summed E-state index contributed by atoms with van der Waals surface area (Å²) in [7, 11) is 1.42. The molecular formula is C104H112N8O2. The summed E-state index contributed by atoms with van der Waals surface area (Å²) in [6, 6.07) is 56.1. The van der Waals surface area contributed by atoms with E-state index in [1.807, 2.05) is 24.3 Å². The van der Waals surface area contributed by atoms with Gasteiger partial charge in [0.25, 0.3) is 0 Å². The minimum absolute atomic E-state index is 0.170. The van der Waals surface area contributed by atoms with E-state index in [0.717, 1.165) is 156 Å². The van der Waals surface area contributed by atoms with Gasteiger partial charge in [-0.2, -0.15) is 0 Å². The molecule has 0 atom stereocenters. The zero-order valence-corrected chi connectivity index (χ0v) is 71.7. The van der Waals surface area contributed by atoms with Gasteiger partial charge in [0.2, 0.25) is 0 Å². The molecule has 15 rings (SSSR count). The van der Waals surface area contributed by atoms with Crippen LogP contribution in [0.25, 0.3) is 160 Å². The molecule has 0 unspecified atom stereocenters. The SMILES string of the molecule is COC(=O)c1ccc(-c2c3nc(c(-c4cc(C(C)(C)C)cc(C(C)(C)C)c4)c4ccc([nH]4)c(-c4c5nc(c(-c6cc(C(C)(C)C)cc(C(C)(C)C)c6)c6ccc(cc7nc(c(-c8cc(C(C)(C)C)cc(C(C)(C)C)c8)c8ccc4[nH]8)C=C7)[nH]6)C=C5)c4nc(c(-c5cc(C(C)(C)C)cc(C(C)(C)C)c5)c5ccc2[nH]5)C=C4)C=C3)cc1. The molecule has 0 saturated carbocycles. The molecule has 0 saturated heterocycles. The fraction of sp³-hybridized carbons (Fsp3) is 0.317. The van der Waals surface area contributed by atoms with Gasteiger partial charge in [0.05, 0.1) is 58.2 Å². The Morgan fingerprint density at radius 1 is 0.246 bits per heavy atom. The monoisotopic (exact) mass is 1500 g/mol. The molecule has 6 aromatic heterocycles. The largest absolute Gasteiger partial charge is 0.465 e. The number of carbonyl (C=O) groups excluding carboxylic acids is 1. The number of aromatic amines is 4. The quantitative estimate of drug-likeness (QED) is 0.117. The Bertz CT molecular complexity index is 6010. The van der Waals surface area contributed by atoms with Crippen LogP contribution in [-0.4, -0.2) is 53.0 Å². The van der Waals surface area contributed by atoms with Crippen LogP contribution in [0, 0.1) is 0 Å². The van der Waals surface area contributed by atoms with Crippen LogP contribution in [0.1, 0.15) is 267 Å². The molecule has 11 aromatic rings. The van der Waals surface area contributed by atoms with Crippen molar-refractivity contribution in [1.82, 2.24) is 39.9 Å². The lowest BCUT2D eigenvalue weighted by atomic mass is 9.78. The Kier molecular flexibility index (Phi) is 19.0. The summed E-state index contributed by atoms with van der Waals surface area (Å²) in [5.41, 5.74) is 33.6. The summed E-state index contributed by atoms with van der Waals surface area (Å²) in [5, 5.41) is 0. The topological polar surface area (TPSA) is 141 Å². The Labute approximate surface area is 674 Å². The Morgan fingerprint density at radius 2 is 0.474 bits per heavy atom. The number of methoxy groups -OCH3 is 1. The van der Waals surface area contributed by atoms with Gasteiger partial charge in [-0.3, -0.25) is 0 Å². The van der Waals surface area contributed by atoms with E-state index in [1.165, 1.54) is 51.6 Å². The number of nitrogens with zero attached hydrogens (tertiary/aromatic N) is 4. The van der Waals surface area contributed by atoms with Crippen LogP contribution in [0.15, 0.2) is 152 Å². The predicted molar refractivity (Wildman–Crippen MR) is 485 cm³/mol. The van der Waals surface area contributed by atoms with Crippen molar-refractivity contribution < 1.29 is 9.53 Å². The minimum Gasteiger partial charge on any atom is -0.465 e. The summed E-state index contributed by atoms with van der Waals surface area (Å²) < 4.78 is 5.25. The first-order valence-corrected chi connectivity index (χ1v) is 40.5. The molecule has 10 heterocycles. The van der Waals surface area contributed by atoms with Gasteiger partial charge in [-0.1, -0.05) is 251 Å². The third kappa shape index (κ3) is 15.2. The molecule has 4 aliphatic rings. The van der Waals surface area contributed by atoms with Gasteiger partial charge >= 0.3 is 5.97 Å². The molecule has 10 nitrogen and oxygen atoms in total. The highest BCUT2D eigenvalue weighted by atomic mass is 16.5. The summed E-state index contributed by atoms with van der Waals surface area (Å²) >= 11 is 0. The third-order valence-corrected chi connectivity index (χ3v) is 23.0. The lowest BCUT2D eigenvalue weighted by Gasteiger charge is -2.26. The van der Waals surface area contributed by atoms with E-state index >= 15 is 0 Å². The van der Waals surface area contributed by atoms with Crippen molar-refractivity contribution in [3.8, 4) is 66.8 Å². The second kappa shape index (κ2) is 27.8. The number of benzene rings is 5. The maximum atomic E-state index is 13.2. The molecule has 0 radical (unpaired) electrons. The highest BCUT2D eigenvalue weighted by Crippen LogP contribution is 2.47. The van der Waals surface area contributed by atoms with Crippen molar-refractivity contribution in [2.75, 3.05) is 7.11 Å². The predicted octanol–water partition coefficient (Wildman–Crippen LogP) is 27.8. The molecule has 0 aliphatic carbocycles. The summed E-state index contributed by atoms with van der Waals surface area (Å²) in [5.74, 6) is -0.404. The van der Waals surface area contributed by atoms with E-state index in [4.69, 9.17) is 24.7 Å². The summed E-state index contributed by atoms with van der Waals surface area (Å²) in [6.07, 6.45) is 17.5. The standard InChI is InChI=1S/C104H112N8O2/c1-97(2,3)65-46-61(47-66(54-65)98(4,5)6)90-75-32-30-73(105-75)58-74-31-33-76(106-74)91(62-48-67(99(7,8)9)55-68(49-62)100(10,11)12)80-39-43-86(110-80)94(85-42-38-79(90)109-85)95-87-44-40-83(111-87)92(63-50-69(101(13,14)15)56-70(51-63)102(16,17)18)81-36-34-77(107-81)89(59-26-28-60(29-27-59)96(113)114-25)78-35-37-82(108-78)93(84-41-45-88(95)112-84)64-52-71(103(19,20)21)57-72(53-64)104(22,23)24/h26-58,105,107,110,112H,1-25H3. The van der Waals surface area contributed by atoms with E-state index in [-0.39, 0.29) is 43.3 Å². The van der Waals surface area contributed by atoms with E-state index in [0.29, 0.717) is 5.56 Å². The van der Waals surface area contributed by atoms with Gasteiger partial charge < -0.3 is 24.7 Å². The maximum absolute atomic E-state index is 13.2. The van der Waals surface area contributed by atoms with E-state index in [1.54, 1.807) is 0 Å². The fourth-order valence-corrected chi connectivity index (χ4v) is 15.8. The van der Waals surface area contributed by atoms with Crippen molar-refractivity contribution >= 4 is 98.7 Å². The van der Waals surface area contributed by atoms with Crippen LogP contribution < -0.4 is 0 Å². The van der Waals surface area contributed by atoms with Gasteiger partial charge in [-0.05, 0) is 231 Å². The van der Waals surface area contributed by atoms with Gasteiger partial charge in [-0.25, -0.2) is 24.7 Å². The molecule has 10 heteroatoms. The smallest absolute Gasteiger partial charge is 0.337 e. The molecule has 0 fully saturated rings. The molecular weight excluding hydrogens is 1390 g/mol. The first-order valence-electron chi connectivity index (χ1n) is 40.5. The number of aromatic nitrogens is 8. The Morgan fingerprint density at radius 3 is 0.746 bits per heavy atom. The lowest BCUT2D eigenvalue weighted by Crippen LogP contribution is -2.16. The van der Waals surface area contributed by atoms with E-state index in [9.17, 15) is 4.79 Å². The number of carbonyl (C=O) groups is 1. The molecule has 4 aliphatic heterocycles. The molecule has 580 valence electrons. The van der Waals surface area contributed by atoms with Crippen LogP contribution in [0.2, 0.25) is 0 Å². The first-order chi connectivity index (χ1) is 53.3. The molecule has 114 heavy (non-hydrogen) atoms. The van der Waals surface area contributed by atoms with E-state index < -0.39 is 5.97 Å². The van der Waals surface area contributed by atoms with Crippen LogP contribution in [-0.2, 0) is 48.1 Å². The maximum Gasteiger partial charge on any atom is 0.337 e. The second-order valence-corrected chi connectivity index (χ2v) is 40.1. The number of hydrogen-bond acceptors (Lipinski definition) is 6. The highest BCUT2D eigenvalue weighted by Gasteiger charge is 2.31. The molecule has 16 bridgehead atoms. The van der Waals surface area contributed by atoms with Crippen LogP contribution >= 0.6 is 0 Å². The van der Waals surface area contributed by atoms with Gasteiger partial charge in [0.15, 0.2) is 0 Å². The molecule has 0 amide bonds. The molecule has 4 N–H and O–H groups in total. The van der Waals surface area contributed by atoms with Crippen LogP contribution in [0.5, 0.6) is 0 Å². The summed E-state index contributed by atoms with van der Waals surface area (Å²) in [6.45, 7) is 55.2. The van der Waals surface area contributed by atoms with Crippen molar-refractivity contribution in [3.63, 3.8) is 0 Å². The number of esters is 1. The normalized spacial score (nSPS) is 13.6. The minimum atomic E-state index is -0.404. The Balaban J connectivity index is 1.18. The van der Waals surface area contributed by atoms with Crippen molar-refractivity contribution in [2.45, 2.75) is 209 Å².